The van der Waals surface area contributed by atoms with E-state index >= 15 is 4.39 Å². The molecule has 2 aromatic rings. The van der Waals surface area contributed by atoms with Gasteiger partial charge in [0.25, 0.3) is 5.91 Å². The van der Waals surface area contributed by atoms with Crippen LogP contribution < -0.4 is 5.73 Å². The van der Waals surface area contributed by atoms with Crippen LogP contribution in [0.2, 0.25) is 0 Å². The molecule has 0 spiro atoms. The van der Waals surface area contributed by atoms with E-state index < -0.39 is 5.67 Å². The molecule has 3 aliphatic heterocycles. The van der Waals surface area contributed by atoms with E-state index in [1.54, 1.807) is 4.90 Å². The van der Waals surface area contributed by atoms with Crippen molar-refractivity contribution in [2.45, 2.75) is 56.8 Å². The molecule has 2 aromatic carbocycles. The second-order valence-electron chi connectivity index (χ2n) is 10.3. The number of hydrogen-bond acceptors (Lipinski definition) is 4. The maximum Gasteiger partial charge on any atom is 0.260 e. The summed E-state index contributed by atoms with van der Waals surface area (Å²) in [6, 6.07) is 17.1. The van der Waals surface area contributed by atoms with Gasteiger partial charge in [0.05, 0.1) is 0 Å². The highest BCUT2D eigenvalue weighted by Gasteiger charge is 2.45. The van der Waals surface area contributed by atoms with Gasteiger partial charge in [-0.05, 0) is 54.5 Å². The Labute approximate surface area is 202 Å². The van der Waals surface area contributed by atoms with Gasteiger partial charge in [-0.25, -0.2) is 4.39 Å². The van der Waals surface area contributed by atoms with Gasteiger partial charge in [0.2, 0.25) is 0 Å². The third-order valence-electron chi connectivity index (χ3n) is 8.11. The second kappa shape index (κ2) is 10.0. The molecule has 5 nitrogen and oxygen atoms in total. The first-order chi connectivity index (χ1) is 16.5. The minimum Gasteiger partial charge on any atom is -0.399 e. The number of amides is 1. The first-order valence-electron chi connectivity index (χ1n) is 12.9. The number of alkyl halides is 1. The summed E-state index contributed by atoms with van der Waals surface area (Å²) in [7, 11) is 0. The lowest BCUT2D eigenvalue weighted by atomic mass is 9.90. The summed E-state index contributed by atoms with van der Waals surface area (Å²) in [5.74, 6) is -0.280. The molecule has 0 aliphatic carbocycles. The largest absolute Gasteiger partial charge is 0.399 e. The van der Waals surface area contributed by atoms with E-state index in [1.165, 1.54) is 11.1 Å². The number of benzene rings is 2. The average Bonchev–Trinajstić information content (AvgIpc) is 3.08. The molecule has 182 valence electrons. The number of fused-ring (bicyclic) bond motifs is 1. The van der Waals surface area contributed by atoms with Crippen LogP contribution in [0.3, 0.4) is 0 Å². The zero-order chi connectivity index (χ0) is 23.5. The third kappa shape index (κ3) is 5.13. The van der Waals surface area contributed by atoms with Crippen LogP contribution in [0.4, 0.5) is 10.1 Å². The maximum absolute atomic E-state index is 15.7. The smallest absolute Gasteiger partial charge is 0.260 e. The molecule has 0 unspecified atom stereocenters. The zero-order valence-corrected chi connectivity index (χ0v) is 20.1. The van der Waals surface area contributed by atoms with Crippen LogP contribution in [0.15, 0.2) is 48.5 Å². The molecule has 0 aromatic heterocycles. The molecule has 1 amide bonds. The van der Waals surface area contributed by atoms with E-state index in [9.17, 15) is 4.79 Å². The minimum absolute atomic E-state index is 0.276. The van der Waals surface area contributed by atoms with Crippen molar-refractivity contribution < 1.29 is 9.18 Å². The van der Waals surface area contributed by atoms with Gasteiger partial charge in [0, 0.05) is 70.4 Å². The monoisotopic (exact) mass is 464 g/mol. The zero-order valence-electron chi connectivity index (χ0n) is 20.1. The highest BCUT2D eigenvalue weighted by molar-refractivity contribution is 5.85. The Morgan fingerprint density at radius 1 is 0.912 bits per heavy atom. The highest BCUT2D eigenvalue weighted by atomic mass is 19.1. The number of likely N-dealkylation sites (tertiary alicyclic amines) is 2. The van der Waals surface area contributed by atoms with E-state index in [0.29, 0.717) is 32.2 Å². The van der Waals surface area contributed by atoms with Crippen molar-refractivity contribution in [3.8, 4) is 0 Å². The number of nitrogens with zero attached hydrogens (tertiary/aromatic N) is 3. The van der Waals surface area contributed by atoms with E-state index in [-0.39, 0.29) is 18.7 Å². The Kier molecular flexibility index (Phi) is 6.89. The lowest BCUT2D eigenvalue weighted by Gasteiger charge is -2.42. The van der Waals surface area contributed by atoms with Crippen LogP contribution in [-0.4, -0.2) is 71.6 Å². The fourth-order valence-electron chi connectivity index (χ4n) is 6.00. The van der Waals surface area contributed by atoms with Gasteiger partial charge in [-0.3, -0.25) is 14.6 Å². The SMILES string of the molecule is Nc1cccc(CN2CCC(F)(C(=O)N3CCC(N4CCc5ccccc5CC4)CC3)CC2)c1. The summed E-state index contributed by atoms with van der Waals surface area (Å²) >= 11 is 0. The summed E-state index contributed by atoms with van der Waals surface area (Å²) in [6.07, 6.45) is 4.63. The van der Waals surface area contributed by atoms with Gasteiger partial charge in [0.1, 0.15) is 0 Å². The fourth-order valence-corrected chi connectivity index (χ4v) is 6.00. The van der Waals surface area contributed by atoms with Crippen molar-refractivity contribution in [2.75, 3.05) is 45.0 Å². The molecule has 5 rings (SSSR count). The molecule has 2 fully saturated rings. The number of halogens is 1. The Morgan fingerprint density at radius 2 is 1.56 bits per heavy atom. The Hall–Kier alpha value is -2.44. The predicted molar refractivity (Wildman–Crippen MR) is 134 cm³/mol. The highest BCUT2D eigenvalue weighted by Crippen LogP contribution is 2.31. The number of piperidine rings is 2. The molecule has 3 aliphatic rings. The lowest BCUT2D eigenvalue weighted by molar-refractivity contribution is -0.149. The molecule has 0 bridgehead atoms. The van der Waals surface area contributed by atoms with Crippen molar-refractivity contribution in [3.05, 3.63) is 65.2 Å². The Balaban J connectivity index is 1.10. The van der Waals surface area contributed by atoms with Crippen molar-refractivity contribution in [3.63, 3.8) is 0 Å². The molecule has 3 heterocycles. The van der Waals surface area contributed by atoms with Gasteiger partial charge in [-0.2, -0.15) is 0 Å². The summed E-state index contributed by atoms with van der Waals surface area (Å²) in [4.78, 5) is 19.8. The van der Waals surface area contributed by atoms with Gasteiger partial charge in [-0.1, -0.05) is 36.4 Å². The maximum atomic E-state index is 15.7. The molecule has 2 N–H and O–H groups in total. The number of carbonyl (C=O) groups is 1. The van der Waals surface area contributed by atoms with Crippen LogP contribution in [0.1, 0.15) is 42.4 Å². The predicted octanol–water partition coefficient (Wildman–Crippen LogP) is 3.66. The summed E-state index contributed by atoms with van der Waals surface area (Å²) in [5.41, 5.74) is 8.99. The number of anilines is 1. The van der Waals surface area contributed by atoms with Crippen molar-refractivity contribution >= 4 is 11.6 Å². The number of nitrogen functional groups attached to an aromatic ring is 1. The van der Waals surface area contributed by atoms with Crippen LogP contribution >= 0.6 is 0 Å². The van der Waals surface area contributed by atoms with E-state index in [4.69, 9.17) is 5.73 Å². The van der Waals surface area contributed by atoms with Gasteiger partial charge >= 0.3 is 0 Å². The van der Waals surface area contributed by atoms with Crippen molar-refractivity contribution in [1.29, 1.82) is 0 Å². The molecule has 0 atom stereocenters. The first kappa shape index (κ1) is 23.3. The lowest BCUT2D eigenvalue weighted by Crippen LogP contribution is -2.55. The standard InChI is InChI=1S/C28H37FN4O/c29-28(12-18-31(19-13-28)21-22-4-3-7-25(30)20-22)27(34)33-16-10-26(11-17-33)32-14-8-23-5-1-2-6-24(23)9-15-32/h1-7,20,26H,8-19,21,30H2. The average molecular weight is 465 g/mol. The molecule has 34 heavy (non-hydrogen) atoms. The number of hydrogen-bond donors (Lipinski definition) is 1. The Morgan fingerprint density at radius 3 is 2.18 bits per heavy atom. The summed E-state index contributed by atoms with van der Waals surface area (Å²) in [5, 5.41) is 0. The van der Waals surface area contributed by atoms with E-state index in [1.807, 2.05) is 24.3 Å². The molecule has 0 radical (unpaired) electrons. The normalized spacial score (nSPS) is 22.2. The molecule has 6 heteroatoms. The third-order valence-corrected chi connectivity index (χ3v) is 8.11. The minimum atomic E-state index is -1.72. The van der Waals surface area contributed by atoms with Crippen molar-refractivity contribution in [2.24, 2.45) is 0 Å². The van der Waals surface area contributed by atoms with E-state index in [2.05, 4.69) is 34.1 Å². The Bertz CT molecular complexity index is 968. The van der Waals surface area contributed by atoms with Crippen LogP contribution in [-0.2, 0) is 24.2 Å². The second-order valence-corrected chi connectivity index (χ2v) is 10.3. The summed E-state index contributed by atoms with van der Waals surface area (Å²) < 4.78 is 15.7. The summed E-state index contributed by atoms with van der Waals surface area (Å²) in [6.45, 7) is 5.44. The number of carbonyl (C=O) groups excluding carboxylic acids is 1. The molecule has 0 saturated carbocycles. The number of nitrogens with two attached hydrogens (primary N) is 1. The molecular formula is C28H37FN4O. The van der Waals surface area contributed by atoms with Crippen molar-refractivity contribution in [1.82, 2.24) is 14.7 Å². The first-order valence-corrected chi connectivity index (χ1v) is 12.9. The van der Waals surface area contributed by atoms with Crippen LogP contribution in [0, 0.1) is 0 Å². The van der Waals surface area contributed by atoms with Crippen LogP contribution in [0.25, 0.3) is 0 Å². The van der Waals surface area contributed by atoms with E-state index in [0.717, 1.165) is 56.6 Å². The van der Waals surface area contributed by atoms with Crippen LogP contribution in [0.5, 0.6) is 0 Å². The molecule has 2 saturated heterocycles. The van der Waals surface area contributed by atoms with Gasteiger partial charge in [0.15, 0.2) is 5.67 Å². The topological polar surface area (TPSA) is 52.8 Å². The quantitative estimate of drug-likeness (QED) is 0.702. The fraction of sp³-hybridized carbons (Fsp3) is 0.536. The number of rotatable bonds is 4. The van der Waals surface area contributed by atoms with Gasteiger partial charge < -0.3 is 10.6 Å². The van der Waals surface area contributed by atoms with Gasteiger partial charge in [-0.15, -0.1) is 0 Å². The molecular weight excluding hydrogens is 427 g/mol.